The molecule has 100 valence electrons. The van der Waals surface area contributed by atoms with E-state index in [0.717, 1.165) is 23.1 Å². The molecule has 0 unspecified atom stereocenters. The third-order valence-corrected chi connectivity index (χ3v) is 4.39. The number of benzene rings is 1. The lowest BCUT2D eigenvalue weighted by molar-refractivity contribution is 0.666. The van der Waals surface area contributed by atoms with Gasteiger partial charge in [0.15, 0.2) is 5.17 Å². The molecular weight excluding hydrogens is 284 g/mol. The minimum absolute atomic E-state index is 0.563. The van der Waals surface area contributed by atoms with Crippen LogP contribution in [0, 0.1) is 5.92 Å². The van der Waals surface area contributed by atoms with Crippen molar-refractivity contribution < 1.29 is 0 Å². The summed E-state index contributed by atoms with van der Waals surface area (Å²) in [7, 11) is 0. The van der Waals surface area contributed by atoms with Gasteiger partial charge in [-0.3, -0.25) is 4.99 Å². The minimum Gasteiger partial charge on any atom is -0.379 e. The fourth-order valence-corrected chi connectivity index (χ4v) is 2.89. The number of rotatable bonds is 6. The summed E-state index contributed by atoms with van der Waals surface area (Å²) in [6, 6.07) is 7.90. The van der Waals surface area contributed by atoms with Crippen molar-refractivity contribution in [3.05, 3.63) is 29.3 Å². The summed E-state index contributed by atoms with van der Waals surface area (Å²) in [5, 5.41) is 1.47. The molecule has 5 heteroatoms. The minimum atomic E-state index is 0.563. The number of thioether (sulfide) groups is 2. The number of nitrogens with two attached hydrogens (primary N) is 1. The Bertz CT molecular complexity index is 377. The number of nitrogens with zero attached hydrogens (tertiary/aromatic N) is 1. The Labute approximate surface area is 123 Å². The number of aliphatic imine (C=N–C) groups is 1. The van der Waals surface area contributed by atoms with Gasteiger partial charge in [-0.05, 0) is 30.2 Å². The highest BCUT2D eigenvalue weighted by Gasteiger charge is 1.98. The van der Waals surface area contributed by atoms with E-state index in [1.54, 1.807) is 23.5 Å². The summed E-state index contributed by atoms with van der Waals surface area (Å²) in [6.45, 7) is 5.08. The number of hydrogen-bond donors (Lipinski definition) is 1. The summed E-state index contributed by atoms with van der Waals surface area (Å²) in [5.74, 6) is 2.55. The first-order valence-corrected chi connectivity index (χ1v) is 8.24. The van der Waals surface area contributed by atoms with Crippen LogP contribution in [0.1, 0.15) is 13.8 Å². The lowest BCUT2D eigenvalue weighted by Gasteiger charge is -2.03. The molecule has 0 aliphatic heterocycles. The molecule has 18 heavy (non-hydrogen) atoms. The topological polar surface area (TPSA) is 38.4 Å². The highest BCUT2D eigenvalue weighted by Crippen LogP contribution is 2.21. The zero-order valence-corrected chi connectivity index (χ0v) is 13.1. The van der Waals surface area contributed by atoms with Crippen LogP contribution in [0.15, 0.2) is 34.2 Å². The molecule has 0 aliphatic carbocycles. The second kappa shape index (κ2) is 8.73. The second-order valence-corrected chi connectivity index (χ2v) is 6.94. The quantitative estimate of drug-likeness (QED) is 0.371. The Morgan fingerprint density at radius 3 is 2.56 bits per heavy atom. The molecule has 0 saturated carbocycles. The summed E-state index contributed by atoms with van der Waals surface area (Å²) in [4.78, 5) is 5.54. The molecule has 1 aromatic carbocycles. The summed E-state index contributed by atoms with van der Waals surface area (Å²) >= 11 is 9.26. The van der Waals surface area contributed by atoms with Crippen molar-refractivity contribution in [1.82, 2.24) is 0 Å². The molecule has 0 spiro atoms. The van der Waals surface area contributed by atoms with E-state index in [0.29, 0.717) is 11.1 Å². The molecule has 1 rings (SSSR count). The van der Waals surface area contributed by atoms with Crippen LogP contribution < -0.4 is 5.73 Å². The molecule has 2 N–H and O–H groups in total. The predicted molar refractivity (Wildman–Crippen MR) is 86.0 cm³/mol. The van der Waals surface area contributed by atoms with E-state index in [9.17, 15) is 0 Å². The van der Waals surface area contributed by atoms with Gasteiger partial charge in [0.2, 0.25) is 0 Å². The van der Waals surface area contributed by atoms with E-state index in [2.05, 4.69) is 18.8 Å². The van der Waals surface area contributed by atoms with E-state index >= 15 is 0 Å². The van der Waals surface area contributed by atoms with Crippen LogP contribution in [0.3, 0.4) is 0 Å². The monoisotopic (exact) mass is 302 g/mol. The molecule has 0 radical (unpaired) electrons. The maximum atomic E-state index is 5.83. The molecule has 0 atom stereocenters. The molecule has 0 fully saturated rings. The van der Waals surface area contributed by atoms with Crippen LogP contribution in [0.4, 0.5) is 0 Å². The normalized spacial score (nSPS) is 12.1. The lowest BCUT2D eigenvalue weighted by Crippen LogP contribution is -2.10. The molecule has 0 amide bonds. The smallest absolute Gasteiger partial charge is 0.153 e. The zero-order chi connectivity index (χ0) is 13.4. The van der Waals surface area contributed by atoms with Crippen LogP contribution in [0.2, 0.25) is 5.02 Å². The van der Waals surface area contributed by atoms with Crippen molar-refractivity contribution in [3.63, 3.8) is 0 Å². The molecule has 0 saturated heterocycles. The lowest BCUT2D eigenvalue weighted by atomic mass is 10.2. The first kappa shape index (κ1) is 15.7. The number of amidine groups is 1. The third kappa shape index (κ3) is 7.19. The largest absolute Gasteiger partial charge is 0.379 e. The van der Waals surface area contributed by atoms with E-state index < -0.39 is 0 Å². The van der Waals surface area contributed by atoms with Gasteiger partial charge in [-0.25, -0.2) is 0 Å². The SMILES string of the molecule is CC(C)CN=C(N)SCCSc1ccc(Cl)cc1. The van der Waals surface area contributed by atoms with Crippen LogP contribution >= 0.6 is 35.1 Å². The predicted octanol–water partition coefficient (Wildman–Crippen LogP) is 4.14. The summed E-state index contributed by atoms with van der Waals surface area (Å²) < 4.78 is 0. The number of hydrogen-bond acceptors (Lipinski definition) is 3. The maximum Gasteiger partial charge on any atom is 0.153 e. The van der Waals surface area contributed by atoms with Gasteiger partial charge in [0.05, 0.1) is 0 Å². The Morgan fingerprint density at radius 2 is 1.94 bits per heavy atom. The van der Waals surface area contributed by atoms with Crippen molar-refractivity contribution in [1.29, 1.82) is 0 Å². The molecule has 1 aromatic rings. The van der Waals surface area contributed by atoms with Crippen LogP contribution in [0.25, 0.3) is 0 Å². The first-order valence-electron chi connectivity index (χ1n) is 5.89. The highest BCUT2D eigenvalue weighted by molar-refractivity contribution is 8.14. The third-order valence-electron chi connectivity index (χ3n) is 2.03. The van der Waals surface area contributed by atoms with Crippen LogP contribution in [-0.2, 0) is 0 Å². The van der Waals surface area contributed by atoms with Gasteiger partial charge in [-0.15, -0.1) is 11.8 Å². The average Bonchev–Trinajstić information content (AvgIpc) is 2.34. The Kier molecular flexibility index (Phi) is 7.63. The van der Waals surface area contributed by atoms with E-state index in [1.165, 1.54) is 4.90 Å². The van der Waals surface area contributed by atoms with E-state index in [1.807, 2.05) is 24.3 Å². The standard InChI is InChI=1S/C13H19ClN2S2/c1-10(2)9-16-13(15)18-8-7-17-12-5-3-11(14)4-6-12/h3-6,10H,7-9H2,1-2H3,(H2,15,16). The van der Waals surface area contributed by atoms with Crippen molar-refractivity contribution >= 4 is 40.3 Å². The molecule has 0 bridgehead atoms. The Hall–Kier alpha value is -0.320. The van der Waals surface area contributed by atoms with Crippen LogP contribution in [0.5, 0.6) is 0 Å². The van der Waals surface area contributed by atoms with Crippen molar-refractivity contribution in [3.8, 4) is 0 Å². The van der Waals surface area contributed by atoms with Crippen molar-refractivity contribution in [2.24, 2.45) is 16.6 Å². The van der Waals surface area contributed by atoms with Crippen LogP contribution in [-0.4, -0.2) is 23.2 Å². The summed E-state index contributed by atoms with van der Waals surface area (Å²) in [6.07, 6.45) is 0. The first-order chi connectivity index (χ1) is 8.58. The van der Waals surface area contributed by atoms with Crippen molar-refractivity contribution in [2.75, 3.05) is 18.1 Å². The molecular formula is C13H19ClN2S2. The molecule has 2 nitrogen and oxygen atoms in total. The van der Waals surface area contributed by atoms with Gasteiger partial charge >= 0.3 is 0 Å². The molecule has 0 heterocycles. The van der Waals surface area contributed by atoms with Gasteiger partial charge in [0.25, 0.3) is 0 Å². The van der Waals surface area contributed by atoms with Gasteiger partial charge in [-0.2, -0.15) is 0 Å². The molecule has 0 aliphatic rings. The molecule has 0 aromatic heterocycles. The fraction of sp³-hybridized carbons (Fsp3) is 0.462. The van der Waals surface area contributed by atoms with Crippen molar-refractivity contribution in [2.45, 2.75) is 18.7 Å². The number of halogens is 1. The van der Waals surface area contributed by atoms with E-state index in [-0.39, 0.29) is 0 Å². The zero-order valence-electron chi connectivity index (χ0n) is 10.7. The maximum absolute atomic E-state index is 5.83. The highest BCUT2D eigenvalue weighted by atomic mass is 35.5. The average molecular weight is 303 g/mol. The Morgan fingerprint density at radius 1 is 1.28 bits per heavy atom. The Balaban J connectivity index is 2.18. The second-order valence-electron chi connectivity index (χ2n) is 4.22. The fourth-order valence-electron chi connectivity index (χ4n) is 1.15. The van der Waals surface area contributed by atoms with Gasteiger partial charge < -0.3 is 5.73 Å². The van der Waals surface area contributed by atoms with E-state index in [4.69, 9.17) is 17.3 Å². The van der Waals surface area contributed by atoms with Gasteiger partial charge in [-0.1, -0.05) is 37.2 Å². The summed E-state index contributed by atoms with van der Waals surface area (Å²) in [5.41, 5.74) is 5.81. The van der Waals surface area contributed by atoms with Gasteiger partial charge in [0.1, 0.15) is 0 Å². The van der Waals surface area contributed by atoms with Gasteiger partial charge in [0, 0.05) is 28.0 Å².